The largest absolute Gasteiger partial charge is 0.493 e. The zero-order valence-electron chi connectivity index (χ0n) is 21.1. The Morgan fingerprint density at radius 3 is 2.42 bits per heavy atom. The van der Waals surface area contributed by atoms with Crippen molar-refractivity contribution in [2.75, 3.05) is 7.11 Å². The van der Waals surface area contributed by atoms with Gasteiger partial charge in [-0.25, -0.2) is 4.98 Å². The van der Waals surface area contributed by atoms with Crippen molar-refractivity contribution in [1.82, 2.24) is 9.66 Å². The van der Waals surface area contributed by atoms with E-state index in [1.807, 2.05) is 26.8 Å². The summed E-state index contributed by atoms with van der Waals surface area (Å²) in [5.41, 5.74) is 1.33. The first-order valence-electron chi connectivity index (χ1n) is 11.5. The highest BCUT2D eigenvalue weighted by molar-refractivity contribution is 9.10. The number of fused-ring (bicyclic) bond motifs is 1. The Bertz CT molecular complexity index is 1610. The van der Waals surface area contributed by atoms with Crippen molar-refractivity contribution >= 4 is 54.7 Å². The highest BCUT2D eigenvalue weighted by atomic mass is 79.9. The van der Waals surface area contributed by atoms with E-state index in [-0.39, 0.29) is 17.9 Å². The molecule has 1 aromatic heterocycles. The van der Waals surface area contributed by atoms with Crippen LogP contribution in [0.5, 0.6) is 11.5 Å². The predicted octanol–water partition coefficient (Wildman–Crippen LogP) is 6.60. The Balaban J connectivity index is 1.67. The third-order valence-electron chi connectivity index (χ3n) is 5.62. The molecule has 0 unspecified atom stereocenters. The Labute approximate surface area is 235 Å². The number of hydrogen-bond acceptors (Lipinski definition) is 7. The second kappa shape index (κ2) is 11.0. The molecule has 0 bridgehead atoms. The van der Waals surface area contributed by atoms with Crippen LogP contribution in [0.2, 0.25) is 0 Å². The molecule has 11 heteroatoms. The highest BCUT2D eigenvalue weighted by Crippen LogP contribution is 2.34. The number of aromatic nitrogens is 2. The number of methoxy groups -OCH3 is 1. The van der Waals surface area contributed by atoms with Crippen LogP contribution in [-0.2, 0) is 12.0 Å². The van der Waals surface area contributed by atoms with Gasteiger partial charge in [-0.1, -0.05) is 36.7 Å². The van der Waals surface area contributed by atoms with E-state index in [1.54, 1.807) is 42.6 Å². The molecular weight excluding hydrogens is 620 g/mol. The van der Waals surface area contributed by atoms with Gasteiger partial charge in [-0.3, -0.25) is 14.9 Å². The van der Waals surface area contributed by atoms with Crippen LogP contribution < -0.4 is 15.0 Å². The monoisotopic (exact) mass is 642 g/mol. The standard InChI is InChI=1S/C27H24Br2N4O5/c1-27(2,3)26-31-22-10-7-18(28)12-20(22)25(34)32(26)30-14-17-11-23(37-4)24(13-21(17)29)38-15-16-5-8-19(9-6-16)33(35)36/h5-14H,15H2,1-4H3. The van der Waals surface area contributed by atoms with E-state index >= 15 is 0 Å². The van der Waals surface area contributed by atoms with E-state index in [4.69, 9.17) is 14.5 Å². The number of hydrogen-bond donors (Lipinski definition) is 0. The number of nitro groups is 1. The number of ether oxygens (including phenoxy) is 2. The topological polar surface area (TPSA) is 109 Å². The number of non-ortho nitro benzene ring substituents is 1. The van der Waals surface area contributed by atoms with Gasteiger partial charge in [-0.2, -0.15) is 9.78 Å². The summed E-state index contributed by atoms with van der Waals surface area (Å²) in [6.45, 7) is 6.11. The van der Waals surface area contributed by atoms with E-state index in [0.717, 1.165) is 10.0 Å². The number of nitrogens with zero attached hydrogens (tertiary/aromatic N) is 4. The first-order valence-corrected chi connectivity index (χ1v) is 13.1. The van der Waals surface area contributed by atoms with Gasteiger partial charge in [0.05, 0.1) is 29.2 Å². The molecule has 0 radical (unpaired) electrons. The average molecular weight is 644 g/mol. The molecule has 38 heavy (non-hydrogen) atoms. The summed E-state index contributed by atoms with van der Waals surface area (Å²) in [5.74, 6) is 1.46. The molecule has 0 saturated heterocycles. The van der Waals surface area contributed by atoms with Crippen molar-refractivity contribution in [3.8, 4) is 11.5 Å². The summed E-state index contributed by atoms with van der Waals surface area (Å²) in [6.07, 6.45) is 1.56. The van der Waals surface area contributed by atoms with E-state index in [1.165, 1.54) is 23.9 Å². The van der Waals surface area contributed by atoms with Crippen LogP contribution in [0, 0.1) is 10.1 Å². The Hall–Kier alpha value is -3.57. The molecule has 9 nitrogen and oxygen atoms in total. The average Bonchev–Trinajstić information content (AvgIpc) is 2.87. The molecule has 1 heterocycles. The van der Waals surface area contributed by atoms with Crippen LogP contribution >= 0.6 is 31.9 Å². The van der Waals surface area contributed by atoms with Crippen molar-refractivity contribution in [3.63, 3.8) is 0 Å². The van der Waals surface area contributed by atoms with E-state index in [2.05, 4.69) is 37.0 Å². The Morgan fingerprint density at radius 2 is 1.79 bits per heavy atom. The molecule has 0 spiro atoms. The van der Waals surface area contributed by atoms with E-state index < -0.39 is 10.3 Å². The van der Waals surface area contributed by atoms with Crippen LogP contribution in [0.1, 0.15) is 37.7 Å². The SMILES string of the molecule is COc1cc(C=Nn2c(C(C)(C)C)nc3ccc(Br)cc3c2=O)c(Br)cc1OCc1ccc([N+](=O)[O-])cc1. The molecule has 0 aliphatic rings. The lowest BCUT2D eigenvalue weighted by molar-refractivity contribution is -0.384. The van der Waals surface area contributed by atoms with Crippen molar-refractivity contribution in [2.24, 2.45) is 5.10 Å². The third kappa shape index (κ3) is 5.94. The van der Waals surface area contributed by atoms with E-state index in [0.29, 0.717) is 38.3 Å². The summed E-state index contributed by atoms with van der Waals surface area (Å²) in [7, 11) is 1.52. The minimum absolute atomic E-state index is 0.0145. The van der Waals surface area contributed by atoms with Crippen LogP contribution in [0.25, 0.3) is 10.9 Å². The molecule has 0 aliphatic heterocycles. The summed E-state index contributed by atoms with van der Waals surface area (Å²) >= 11 is 6.97. The zero-order chi connectivity index (χ0) is 27.6. The fourth-order valence-corrected chi connectivity index (χ4v) is 4.44. The molecule has 0 aliphatic carbocycles. The first kappa shape index (κ1) is 27.5. The Morgan fingerprint density at radius 1 is 1.08 bits per heavy atom. The summed E-state index contributed by atoms with van der Waals surface area (Å²) in [6, 6.07) is 15.0. The van der Waals surface area contributed by atoms with Gasteiger partial charge >= 0.3 is 0 Å². The van der Waals surface area contributed by atoms with Crippen molar-refractivity contribution in [2.45, 2.75) is 32.8 Å². The lowest BCUT2D eigenvalue weighted by atomic mass is 9.95. The molecule has 0 atom stereocenters. The predicted molar refractivity (Wildman–Crippen MR) is 154 cm³/mol. The van der Waals surface area contributed by atoms with Gasteiger partial charge in [0, 0.05) is 32.1 Å². The van der Waals surface area contributed by atoms with Gasteiger partial charge in [0.25, 0.3) is 11.2 Å². The molecule has 4 aromatic rings. The number of nitro benzene ring substituents is 1. The first-order chi connectivity index (χ1) is 18.0. The van der Waals surface area contributed by atoms with Gasteiger partial charge in [0.1, 0.15) is 12.4 Å². The van der Waals surface area contributed by atoms with Crippen LogP contribution in [0.15, 0.2) is 73.4 Å². The van der Waals surface area contributed by atoms with Crippen LogP contribution in [0.4, 0.5) is 5.69 Å². The molecule has 0 amide bonds. The molecule has 0 N–H and O–H groups in total. The third-order valence-corrected chi connectivity index (χ3v) is 6.80. The fourth-order valence-electron chi connectivity index (χ4n) is 3.66. The lowest BCUT2D eigenvalue weighted by Crippen LogP contribution is -2.29. The summed E-state index contributed by atoms with van der Waals surface area (Å²) in [5, 5.41) is 15.8. The molecule has 0 fully saturated rings. The molecule has 3 aromatic carbocycles. The van der Waals surface area contributed by atoms with Gasteiger partial charge in [-0.05, 0) is 64.0 Å². The minimum atomic E-state index is -0.448. The maximum Gasteiger partial charge on any atom is 0.282 e. The normalized spacial score (nSPS) is 11.7. The Kier molecular flexibility index (Phi) is 7.98. The van der Waals surface area contributed by atoms with Gasteiger partial charge < -0.3 is 9.47 Å². The highest BCUT2D eigenvalue weighted by Gasteiger charge is 2.23. The second-order valence-corrected chi connectivity index (χ2v) is 11.2. The van der Waals surface area contributed by atoms with Crippen LogP contribution in [-0.4, -0.2) is 27.9 Å². The molecular formula is C27H24Br2N4O5. The smallest absolute Gasteiger partial charge is 0.282 e. The fraction of sp³-hybridized carbons (Fsp3) is 0.222. The van der Waals surface area contributed by atoms with Gasteiger partial charge in [0.2, 0.25) is 0 Å². The number of halogens is 2. The zero-order valence-corrected chi connectivity index (χ0v) is 24.2. The van der Waals surface area contributed by atoms with Crippen molar-refractivity contribution in [3.05, 3.63) is 101 Å². The summed E-state index contributed by atoms with van der Waals surface area (Å²) in [4.78, 5) is 28.6. The minimum Gasteiger partial charge on any atom is -0.493 e. The maximum atomic E-state index is 13.4. The van der Waals surface area contributed by atoms with Gasteiger partial charge in [-0.15, -0.1) is 0 Å². The molecule has 0 saturated carbocycles. The lowest BCUT2D eigenvalue weighted by Gasteiger charge is -2.21. The quantitative estimate of drug-likeness (QED) is 0.128. The summed E-state index contributed by atoms with van der Waals surface area (Å²) < 4.78 is 14.2. The maximum absolute atomic E-state index is 13.4. The van der Waals surface area contributed by atoms with E-state index in [9.17, 15) is 14.9 Å². The van der Waals surface area contributed by atoms with Gasteiger partial charge in [0.15, 0.2) is 11.5 Å². The molecule has 4 rings (SSSR count). The molecule has 196 valence electrons. The van der Waals surface area contributed by atoms with Crippen LogP contribution in [0.3, 0.4) is 0 Å². The number of rotatable bonds is 7. The number of benzene rings is 3. The van der Waals surface area contributed by atoms with Crippen molar-refractivity contribution < 1.29 is 14.4 Å². The second-order valence-electron chi connectivity index (χ2n) is 9.45. The van der Waals surface area contributed by atoms with Crippen molar-refractivity contribution in [1.29, 1.82) is 0 Å².